The van der Waals surface area contributed by atoms with E-state index in [0.717, 1.165) is 24.3 Å². The third-order valence-electron chi connectivity index (χ3n) is 3.40. The van der Waals surface area contributed by atoms with Crippen molar-refractivity contribution in [2.45, 2.75) is 24.0 Å². The molecule has 11 heteroatoms. The van der Waals surface area contributed by atoms with Gasteiger partial charge in [-0.05, 0) is 36.4 Å². The summed E-state index contributed by atoms with van der Waals surface area (Å²) in [5, 5.41) is 0. The lowest BCUT2D eigenvalue weighted by Gasteiger charge is -2.23. The topological polar surface area (TPSA) is 79.6 Å². The van der Waals surface area contributed by atoms with Crippen LogP contribution in [0.4, 0.5) is 17.6 Å². The fourth-order valence-electron chi connectivity index (χ4n) is 2.19. The summed E-state index contributed by atoms with van der Waals surface area (Å²) in [7, 11) is -4.01. The summed E-state index contributed by atoms with van der Waals surface area (Å²) in [6.45, 7) is -2.29. The van der Waals surface area contributed by atoms with E-state index < -0.39 is 54.0 Å². The Labute approximate surface area is 152 Å². The lowest BCUT2D eigenvalue weighted by atomic mass is 10.3. The number of amides is 1. The van der Waals surface area contributed by atoms with Gasteiger partial charge in [0.05, 0.1) is 17.7 Å². The molecule has 0 aliphatic rings. The molecule has 0 atom stereocenters. The largest absolute Gasteiger partial charge is 0.467 e. The number of benzene rings is 1. The van der Waals surface area contributed by atoms with Crippen molar-refractivity contribution >= 4 is 15.9 Å². The van der Waals surface area contributed by atoms with Gasteiger partial charge in [0.25, 0.3) is 0 Å². The van der Waals surface area contributed by atoms with E-state index in [1.807, 2.05) is 0 Å². The Hall–Kier alpha value is -2.40. The number of hydrogen-bond donors (Lipinski definition) is 1. The van der Waals surface area contributed by atoms with Gasteiger partial charge >= 0.3 is 6.18 Å². The van der Waals surface area contributed by atoms with Gasteiger partial charge in [0.15, 0.2) is 0 Å². The number of hydrogen-bond acceptors (Lipinski definition) is 4. The lowest BCUT2D eigenvalue weighted by Crippen LogP contribution is -2.40. The molecule has 0 spiro atoms. The molecule has 0 saturated carbocycles. The molecule has 1 heterocycles. The van der Waals surface area contributed by atoms with Crippen LogP contribution in [0, 0.1) is 5.82 Å². The minimum atomic E-state index is -4.62. The summed E-state index contributed by atoms with van der Waals surface area (Å²) in [5.74, 6) is -1.35. The van der Waals surface area contributed by atoms with Gasteiger partial charge in [0.1, 0.15) is 18.1 Å². The van der Waals surface area contributed by atoms with Gasteiger partial charge in [-0.3, -0.25) is 4.79 Å². The molecule has 2 rings (SSSR count). The van der Waals surface area contributed by atoms with Gasteiger partial charge in [0.2, 0.25) is 15.9 Å². The Morgan fingerprint density at radius 1 is 1.15 bits per heavy atom. The molecule has 2 aromatic rings. The number of nitrogens with one attached hydrogen (secondary N) is 1. The number of alkyl halides is 3. The molecule has 0 fully saturated rings. The van der Waals surface area contributed by atoms with E-state index >= 15 is 0 Å². The fourth-order valence-corrected chi connectivity index (χ4v) is 3.22. The summed E-state index contributed by atoms with van der Waals surface area (Å²) >= 11 is 0. The molecule has 1 amide bonds. The molecule has 1 aromatic carbocycles. The number of halogens is 4. The Bertz CT molecular complexity index is 850. The zero-order valence-corrected chi connectivity index (χ0v) is 14.7. The molecule has 1 N–H and O–H groups in total. The van der Waals surface area contributed by atoms with Gasteiger partial charge in [0, 0.05) is 13.0 Å². The van der Waals surface area contributed by atoms with Crippen LogP contribution in [0.25, 0.3) is 0 Å². The third kappa shape index (κ3) is 6.68. The molecule has 1 aromatic heterocycles. The first kappa shape index (κ1) is 20.9. The SMILES string of the molecule is O=C(CCNS(=O)(=O)c1ccc(F)cc1)N(Cc1ccco1)CC(F)(F)F. The second-order valence-corrected chi connectivity index (χ2v) is 7.31. The van der Waals surface area contributed by atoms with E-state index in [2.05, 4.69) is 4.72 Å². The number of rotatable bonds is 8. The van der Waals surface area contributed by atoms with E-state index in [9.17, 15) is 30.8 Å². The monoisotopic (exact) mass is 408 g/mol. The van der Waals surface area contributed by atoms with Crippen molar-refractivity contribution in [2.75, 3.05) is 13.1 Å². The maximum absolute atomic E-state index is 12.8. The van der Waals surface area contributed by atoms with E-state index in [4.69, 9.17) is 4.42 Å². The number of sulfonamides is 1. The third-order valence-corrected chi connectivity index (χ3v) is 4.88. The highest BCUT2D eigenvalue weighted by Gasteiger charge is 2.33. The molecular weight excluding hydrogens is 392 g/mol. The Kier molecular flexibility index (Phi) is 6.60. The van der Waals surface area contributed by atoms with E-state index in [1.165, 1.54) is 18.4 Å². The standard InChI is InChI=1S/C16H16F4N2O4S/c17-12-3-5-14(6-4-12)27(24,25)21-8-7-15(23)22(11-16(18,19)20)10-13-2-1-9-26-13/h1-6,9,21H,7-8,10-11H2. The van der Waals surface area contributed by atoms with Gasteiger partial charge in [-0.25, -0.2) is 17.5 Å². The van der Waals surface area contributed by atoms with E-state index in [-0.39, 0.29) is 10.7 Å². The molecule has 0 aliphatic heterocycles. The van der Waals surface area contributed by atoms with Crippen LogP contribution in [-0.4, -0.2) is 38.5 Å². The molecule has 0 saturated heterocycles. The van der Waals surface area contributed by atoms with Crippen LogP contribution in [-0.2, 0) is 21.4 Å². The average Bonchev–Trinajstić information content (AvgIpc) is 3.06. The lowest BCUT2D eigenvalue weighted by molar-refractivity contribution is -0.162. The predicted octanol–water partition coefficient (Wildman–Crippen LogP) is 2.68. The second-order valence-electron chi connectivity index (χ2n) is 5.55. The van der Waals surface area contributed by atoms with Crippen molar-refractivity contribution < 1.29 is 35.2 Å². The molecular formula is C16H16F4N2O4S. The molecule has 0 unspecified atom stereocenters. The van der Waals surface area contributed by atoms with Crippen molar-refractivity contribution in [3.05, 3.63) is 54.2 Å². The van der Waals surface area contributed by atoms with Gasteiger partial charge in [-0.2, -0.15) is 13.2 Å². The number of furan rings is 1. The zero-order valence-electron chi connectivity index (χ0n) is 13.9. The molecule has 0 bridgehead atoms. The number of carbonyl (C=O) groups excluding carboxylic acids is 1. The first-order chi connectivity index (χ1) is 12.6. The van der Waals surface area contributed by atoms with E-state index in [1.54, 1.807) is 0 Å². The normalized spacial score (nSPS) is 12.1. The van der Waals surface area contributed by atoms with Crippen molar-refractivity contribution in [1.82, 2.24) is 9.62 Å². The molecule has 0 radical (unpaired) electrons. The highest BCUT2D eigenvalue weighted by atomic mass is 32.2. The Balaban J connectivity index is 1.97. The number of carbonyl (C=O) groups is 1. The predicted molar refractivity (Wildman–Crippen MR) is 86.4 cm³/mol. The smallest absolute Gasteiger partial charge is 0.406 e. The van der Waals surface area contributed by atoms with E-state index in [0.29, 0.717) is 4.90 Å². The molecule has 0 aliphatic carbocycles. The molecule has 6 nitrogen and oxygen atoms in total. The van der Waals surface area contributed by atoms with Crippen molar-refractivity contribution in [1.29, 1.82) is 0 Å². The van der Waals surface area contributed by atoms with Crippen LogP contribution in [0.1, 0.15) is 12.2 Å². The molecule has 148 valence electrons. The maximum atomic E-state index is 12.8. The highest BCUT2D eigenvalue weighted by molar-refractivity contribution is 7.89. The quantitative estimate of drug-likeness (QED) is 0.682. The summed E-state index contributed by atoms with van der Waals surface area (Å²) in [4.78, 5) is 12.4. The first-order valence-electron chi connectivity index (χ1n) is 7.69. The zero-order chi connectivity index (χ0) is 20.1. The van der Waals surface area contributed by atoms with Gasteiger partial charge in [-0.1, -0.05) is 0 Å². The summed E-state index contributed by atoms with van der Waals surface area (Å²) < 4.78 is 82.0. The average molecular weight is 408 g/mol. The summed E-state index contributed by atoms with van der Waals surface area (Å²) in [6.07, 6.45) is -3.84. The van der Waals surface area contributed by atoms with Crippen molar-refractivity contribution in [3.8, 4) is 0 Å². The van der Waals surface area contributed by atoms with Crippen molar-refractivity contribution in [3.63, 3.8) is 0 Å². The van der Waals surface area contributed by atoms with Gasteiger partial charge < -0.3 is 9.32 Å². The number of nitrogens with zero attached hydrogens (tertiary/aromatic N) is 1. The summed E-state index contributed by atoms with van der Waals surface area (Å²) in [6, 6.07) is 6.87. The van der Waals surface area contributed by atoms with Crippen LogP contribution in [0.15, 0.2) is 52.0 Å². The Morgan fingerprint density at radius 2 is 1.81 bits per heavy atom. The van der Waals surface area contributed by atoms with Gasteiger partial charge in [-0.15, -0.1) is 0 Å². The summed E-state index contributed by atoms with van der Waals surface area (Å²) in [5.41, 5.74) is 0. The first-order valence-corrected chi connectivity index (χ1v) is 9.17. The van der Waals surface area contributed by atoms with Crippen molar-refractivity contribution in [2.24, 2.45) is 0 Å². The highest BCUT2D eigenvalue weighted by Crippen LogP contribution is 2.19. The van der Waals surface area contributed by atoms with Crippen LogP contribution >= 0.6 is 0 Å². The minimum Gasteiger partial charge on any atom is -0.467 e. The Morgan fingerprint density at radius 3 is 2.37 bits per heavy atom. The van der Waals surface area contributed by atoms with Crippen LogP contribution in [0.3, 0.4) is 0 Å². The maximum Gasteiger partial charge on any atom is 0.406 e. The minimum absolute atomic E-state index is 0.166. The van der Waals surface area contributed by atoms with Crippen LogP contribution in [0.2, 0.25) is 0 Å². The second kappa shape index (κ2) is 8.53. The fraction of sp³-hybridized carbons (Fsp3) is 0.312. The van der Waals surface area contributed by atoms with Crippen LogP contribution < -0.4 is 4.72 Å². The van der Waals surface area contributed by atoms with Crippen LogP contribution in [0.5, 0.6) is 0 Å². The molecule has 27 heavy (non-hydrogen) atoms.